The van der Waals surface area contributed by atoms with E-state index >= 15 is 0 Å². The minimum absolute atomic E-state index is 0.0156. The summed E-state index contributed by atoms with van der Waals surface area (Å²) in [6, 6.07) is 0. The Balaban J connectivity index is 1.94. The summed E-state index contributed by atoms with van der Waals surface area (Å²) < 4.78 is 43.5. The molecule has 0 saturated heterocycles. The van der Waals surface area contributed by atoms with Gasteiger partial charge in [-0.3, -0.25) is 0 Å². The van der Waals surface area contributed by atoms with Crippen LogP contribution in [0.5, 0.6) is 0 Å². The first-order valence-corrected chi connectivity index (χ1v) is 9.87. The highest BCUT2D eigenvalue weighted by atomic mass is 19.2. The zero-order chi connectivity index (χ0) is 17.0. The molecule has 2 aliphatic rings. The number of hydrogen-bond acceptors (Lipinski definition) is 0. The van der Waals surface area contributed by atoms with Crippen molar-refractivity contribution in [3.8, 4) is 0 Å². The molecule has 0 aromatic rings. The van der Waals surface area contributed by atoms with Gasteiger partial charge in [-0.25, -0.2) is 13.2 Å². The Kier molecular flexibility index (Phi) is 7.28. The zero-order valence-corrected chi connectivity index (χ0v) is 15.1. The smallest absolute Gasteiger partial charge is 0.134 e. The maximum absolute atomic E-state index is 14.8. The van der Waals surface area contributed by atoms with Crippen molar-refractivity contribution in [3.05, 3.63) is 0 Å². The molecule has 0 aromatic heterocycles. The fourth-order valence-corrected chi connectivity index (χ4v) is 5.07. The Labute approximate surface area is 140 Å². The molecule has 0 heterocycles. The molecule has 0 aliphatic heterocycles. The van der Waals surface area contributed by atoms with Gasteiger partial charge in [-0.2, -0.15) is 0 Å². The van der Waals surface area contributed by atoms with E-state index in [4.69, 9.17) is 0 Å². The molecule has 0 bridgehead atoms. The molecule has 6 atom stereocenters. The fraction of sp³-hybridized carbons (Fsp3) is 1.00. The highest BCUT2D eigenvalue weighted by Crippen LogP contribution is 2.45. The lowest BCUT2D eigenvalue weighted by atomic mass is 9.66. The van der Waals surface area contributed by atoms with Crippen molar-refractivity contribution < 1.29 is 13.2 Å². The topological polar surface area (TPSA) is 0 Å². The summed E-state index contributed by atoms with van der Waals surface area (Å²) in [5.74, 6) is 0.0949. The van der Waals surface area contributed by atoms with E-state index in [9.17, 15) is 13.2 Å². The van der Waals surface area contributed by atoms with E-state index in [1.54, 1.807) is 13.8 Å². The molecule has 23 heavy (non-hydrogen) atoms. The summed E-state index contributed by atoms with van der Waals surface area (Å²) in [5.41, 5.74) is 0. The second kappa shape index (κ2) is 8.76. The Bertz CT molecular complexity index is 338. The molecule has 136 valence electrons. The van der Waals surface area contributed by atoms with Crippen LogP contribution in [-0.2, 0) is 0 Å². The lowest BCUT2D eigenvalue weighted by Gasteiger charge is -2.41. The zero-order valence-electron chi connectivity index (χ0n) is 15.1. The first-order valence-electron chi connectivity index (χ1n) is 9.87. The number of alkyl halides is 3. The molecule has 0 aromatic carbocycles. The highest BCUT2D eigenvalue weighted by Gasteiger charge is 2.42. The molecule has 2 saturated carbocycles. The van der Waals surface area contributed by atoms with E-state index in [2.05, 4.69) is 0 Å². The Morgan fingerprint density at radius 3 is 2.09 bits per heavy atom. The van der Waals surface area contributed by atoms with Gasteiger partial charge in [0.1, 0.15) is 18.5 Å². The molecule has 2 rings (SSSR count). The molecule has 0 nitrogen and oxygen atoms in total. The summed E-state index contributed by atoms with van der Waals surface area (Å²) in [6.45, 7) is 5.37. The summed E-state index contributed by atoms with van der Waals surface area (Å²) in [4.78, 5) is 0. The largest absolute Gasteiger partial charge is 0.247 e. The minimum atomic E-state index is -1.44. The highest BCUT2D eigenvalue weighted by molar-refractivity contribution is 4.91. The van der Waals surface area contributed by atoms with Crippen LogP contribution in [0, 0.1) is 29.6 Å². The first kappa shape index (κ1) is 19.1. The van der Waals surface area contributed by atoms with E-state index in [0.29, 0.717) is 18.8 Å². The summed E-state index contributed by atoms with van der Waals surface area (Å²) >= 11 is 0. The fourth-order valence-electron chi connectivity index (χ4n) is 5.07. The van der Waals surface area contributed by atoms with Gasteiger partial charge in [-0.1, -0.05) is 59.3 Å². The molecular weight excluding hydrogens is 297 g/mol. The van der Waals surface area contributed by atoms with Crippen LogP contribution in [0.25, 0.3) is 0 Å². The standard InChI is InChI=1S/C20H35F3/c1-4-16(20(23)19(22)13(2)3)15-10-11-17(18(21)12-15)14-8-6-5-7-9-14/h13-20H,4-12H2,1-3H3. The van der Waals surface area contributed by atoms with Crippen molar-refractivity contribution in [1.82, 2.24) is 0 Å². The van der Waals surface area contributed by atoms with Crippen molar-refractivity contribution in [2.24, 2.45) is 29.6 Å². The lowest BCUT2D eigenvalue weighted by Crippen LogP contribution is -2.40. The number of rotatable bonds is 6. The lowest BCUT2D eigenvalue weighted by molar-refractivity contribution is 0.00127. The average Bonchev–Trinajstić information content (AvgIpc) is 2.55. The van der Waals surface area contributed by atoms with E-state index in [1.807, 2.05) is 6.92 Å². The third-order valence-corrected chi connectivity index (χ3v) is 6.55. The van der Waals surface area contributed by atoms with Crippen molar-refractivity contribution >= 4 is 0 Å². The van der Waals surface area contributed by atoms with E-state index in [0.717, 1.165) is 12.8 Å². The van der Waals surface area contributed by atoms with Gasteiger partial charge in [0.05, 0.1) is 0 Å². The predicted octanol–water partition coefficient (Wildman–Crippen LogP) is 6.68. The maximum atomic E-state index is 14.8. The quantitative estimate of drug-likeness (QED) is 0.509. The average molecular weight is 332 g/mol. The third kappa shape index (κ3) is 4.66. The van der Waals surface area contributed by atoms with Crippen LogP contribution in [0.4, 0.5) is 13.2 Å². The second-order valence-corrected chi connectivity index (χ2v) is 8.36. The van der Waals surface area contributed by atoms with Crippen molar-refractivity contribution in [2.75, 3.05) is 0 Å². The van der Waals surface area contributed by atoms with Crippen LogP contribution >= 0.6 is 0 Å². The molecule has 2 fully saturated rings. The summed E-state index contributed by atoms with van der Waals surface area (Å²) in [6.07, 6.45) is 5.23. The monoisotopic (exact) mass is 332 g/mol. The Morgan fingerprint density at radius 2 is 1.57 bits per heavy atom. The molecular formula is C20H35F3. The number of halogens is 3. The van der Waals surface area contributed by atoms with Gasteiger partial charge >= 0.3 is 0 Å². The van der Waals surface area contributed by atoms with Crippen LogP contribution in [0.2, 0.25) is 0 Å². The van der Waals surface area contributed by atoms with Crippen LogP contribution in [0.15, 0.2) is 0 Å². The van der Waals surface area contributed by atoms with E-state index in [-0.39, 0.29) is 23.7 Å². The second-order valence-electron chi connectivity index (χ2n) is 8.36. The first-order chi connectivity index (χ1) is 11.0. The van der Waals surface area contributed by atoms with Crippen LogP contribution in [0.3, 0.4) is 0 Å². The van der Waals surface area contributed by atoms with Crippen LogP contribution in [0.1, 0.15) is 78.6 Å². The molecule has 0 spiro atoms. The van der Waals surface area contributed by atoms with E-state index in [1.165, 1.54) is 32.1 Å². The molecule has 0 radical (unpaired) electrons. The van der Waals surface area contributed by atoms with Gasteiger partial charge in [-0.15, -0.1) is 0 Å². The van der Waals surface area contributed by atoms with Crippen molar-refractivity contribution in [1.29, 1.82) is 0 Å². The molecule has 2 aliphatic carbocycles. The van der Waals surface area contributed by atoms with Crippen LogP contribution < -0.4 is 0 Å². The van der Waals surface area contributed by atoms with Crippen LogP contribution in [-0.4, -0.2) is 18.5 Å². The third-order valence-electron chi connectivity index (χ3n) is 6.55. The van der Waals surface area contributed by atoms with Gasteiger partial charge < -0.3 is 0 Å². The van der Waals surface area contributed by atoms with Gasteiger partial charge in [0, 0.05) is 0 Å². The predicted molar refractivity (Wildman–Crippen MR) is 90.7 cm³/mol. The number of hydrogen-bond donors (Lipinski definition) is 0. The van der Waals surface area contributed by atoms with Gasteiger partial charge in [0.25, 0.3) is 0 Å². The molecule has 0 amide bonds. The van der Waals surface area contributed by atoms with Gasteiger partial charge in [0.15, 0.2) is 0 Å². The van der Waals surface area contributed by atoms with Crippen molar-refractivity contribution in [2.45, 2.75) is 97.1 Å². The van der Waals surface area contributed by atoms with Crippen molar-refractivity contribution in [3.63, 3.8) is 0 Å². The maximum Gasteiger partial charge on any atom is 0.134 e. The van der Waals surface area contributed by atoms with Gasteiger partial charge in [0.2, 0.25) is 0 Å². The molecule has 6 unspecified atom stereocenters. The van der Waals surface area contributed by atoms with E-state index < -0.39 is 18.5 Å². The molecule has 0 N–H and O–H groups in total. The van der Waals surface area contributed by atoms with Gasteiger partial charge in [-0.05, 0) is 48.9 Å². The SMILES string of the molecule is CCC(C1CCC(C2CCCCC2)C(F)C1)C(F)C(F)C(C)C. The minimum Gasteiger partial charge on any atom is -0.247 e. The Hall–Kier alpha value is -0.210. The molecule has 3 heteroatoms. The summed E-state index contributed by atoms with van der Waals surface area (Å²) in [7, 11) is 0. The Morgan fingerprint density at radius 1 is 0.913 bits per heavy atom. The summed E-state index contributed by atoms with van der Waals surface area (Å²) in [5, 5.41) is 0. The normalized spacial score (nSPS) is 34.3.